The number of guanidine groups is 1. The molecule has 0 aliphatic heterocycles. The lowest BCUT2D eigenvalue weighted by molar-refractivity contribution is 0.230. The van der Waals surface area contributed by atoms with E-state index < -0.39 is 0 Å². The van der Waals surface area contributed by atoms with E-state index in [1.54, 1.807) is 0 Å². The van der Waals surface area contributed by atoms with Crippen LogP contribution in [0.4, 0.5) is 0 Å². The van der Waals surface area contributed by atoms with Crippen LogP contribution < -0.4 is 15.8 Å². The number of benzene rings is 1. The first-order chi connectivity index (χ1) is 9.72. The zero-order valence-corrected chi connectivity index (χ0v) is 15.4. The van der Waals surface area contributed by atoms with E-state index in [0.717, 1.165) is 18.7 Å². The van der Waals surface area contributed by atoms with Crippen molar-refractivity contribution in [1.29, 1.82) is 0 Å². The lowest BCUT2D eigenvalue weighted by atomic mass is 10.2. The molecule has 120 valence electrons. The third-order valence-corrected chi connectivity index (χ3v) is 2.94. The minimum absolute atomic E-state index is 0. The highest BCUT2D eigenvalue weighted by atomic mass is 127. The maximum absolute atomic E-state index is 5.81. The average Bonchev–Trinajstić information content (AvgIpc) is 2.46. The van der Waals surface area contributed by atoms with Gasteiger partial charge in [-0.2, -0.15) is 0 Å². The van der Waals surface area contributed by atoms with Crippen molar-refractivity contribution in [2.24, 2.45) is 10.7 Å². The first-order valence-electron chi connectivity index (χ1n) is 7.48. The summed E-state index contributed by atoms with van der Waals surface area (Å²) in [6.45, 7) is 5.65. The van der Waals surface area contributed by atoms with Crippen LogP contribution in [0.25, 0.3) is 0 Å². The monoisotopic (exact) mass is 405 g/mol. The summed E-state index contributed by atoms with van der Waals surface area (Å²) in [5.41, 5.74) is 5.81. The fraction of sp³-hybridized carbons (Fsp3) is 0.562. The smallest absolute Gasteiger partial charge is 0.188 e. The van der Waals surface area contributed by atoms with Gasteiger partial charge in [-0.1, -0.05) is 44.4 Å². The predicted octanol–water partition coefficient (Wildman–Crippen LogP) is 3.56. The zero-order valence-electron chi connectivity index (χ0n) is 13.0. The largest absolute Gasteiger partial charge is 0.489 e. The van der Waals surface area contributed by atoms with Gasteiger partial charge in [-0.15, -0.1) is 24.0 Å². The molecule has 3 N–H and O–H groups in total. The number of hydrogen-bond acceptors (Lipinski definition) is 2. The van der Waals surface area contributed by atoms with Gasteiger partial charge in [0.25, 0.3) is 0 Å². The zero-order chi connectivity index (χ0) is 14.6. The molecule has 4 nitrogen and oxygen atoms in total. The molecule has 0 aromatic heterocycles. The summed E-state index contributed by atoms with van der Waals surface area (Å²) < 4.78 is 5.73. The Kier molecular flexibility index (Phi) is 12.1. The summed E-state index contributed by atoms with van der Waals surface area (Å²) in [4.78, 5) is 4.30. The molecule has 5 heteroatoms. The summed E-state index contributed by atoms with van der Waals surface area (Å²) in [6.07, 6.45) is 4.92. The minimum Gasteiger partial charge on any atom is -0.489 e. The number of ether oxygens (including phenoxy) is 1. The van der Waals surface area contributed by atoms with Crippen molar-refractivity contribution in [3.05, 3.63) is 30.3 Å². The number of aliphatic imine (C=N–C) groups is 1. The Bertz CT molecular complexity index is 384. The molecule has 1 rings (SSSR count). The molecule has 0 saturated carbocycles. The first kappa shape index (κ1) is 20.0. The fourth-order valence-corrected chi connectivity index (χ4v) is 1.82. The van der Waals surface area contributed by atoms with Gasteiger partial charge in [0.2, 0.25) is 0 Å². The number of nitrogens with zero attached hydrogens (tertiary/aromatic N) is 1. The highest BCUT2D eigenvalue weighted by molar-refractivity contribution is 14.0. The molecule has 0 fully saturated rings. The second-order valence-corrected chi connectivity index (χ2v) is 4.95. The second kappa shape index (κ2) is 12.7. The van der Waals surface area contributed by atoms with Gasteiger partial charge < -0.3 is 15.8 Å². The second-order valence-electron chi connectivity index (χ2n) is 4.95. The number of rotatable bonds is 9. The predicted molar refractivity (Wildman–Crippen MR) is 101 cm³/mol. The molecule has 0 radical (unpaired) electrons. The first-order valence-corrected chi connectivity index (χ1v) is 7.48. The van der Waals surface area contributed by atoms with Crippen LogP contribution in [-0.4, -0.2) is 25.2 Å². The highest BCUT2D eigenvalue weighted by Gasteiger charge is 2.02. The van der Waals surface area contributed by atoms with E-state index in [-0.39, 0.29) is 30.1 Å². The Morgan fingerprint density at radius 3 is 2.62 bits per heavy atom. The van der Waals surface area contributed by atoms with E-state index in [1.165, 1.54) is 19.3 Å². The van der Waals surface area contributed by atoms with E-state index in [1.807, 2.05) is 37.3 Å². The molecule has 0 aliphatic rings. The number of unbranched alkanes of at least 4 members (excludes halogenated alkanes) is 3. The SMILES string of the molecule is CCCCCCNC(N)=NCC(C)Oc1ccccc1.I. The summed E-state index contributed by atoms with van der Waals surface area (Å²) in [5, 5.41) is 3.13. The molecule has 0 saturated heterocycles. The number of hydrogen-bond donors (Lipinski definition) is 2. The molecule has 0 bridgehead atoms. The van der Waals surface area contributed by atoms with Crippen LogP contribution in [0, 0.1) is 0 Å². The molecule has 0 aliphatic carbocycles. The number of para-hydroxylation sites is 1. The minimum atomic E-state index is 0. The van der Waals surface area contributed by atoms with Crippen molar-refractivity contribution in [3.8, 4) is 5.75 Å². The van der Waals surface area contributed by atoms with Crippen LogP contribution in [0.2, 0.25) is 0 Å². The molecule has 0 heterocycles. The Morgan fingerprint density at radius 1 is 1.24 bits per heavy atom. The lowest BCUT2D eigenvalue weighted by Crippen LogP contribution is -2.33. The van der Waals surface area contributed by atoms with Crippen molar-refractivity contribution in [3.63, 3.8) is 0 Å². The van der Waals surface area contributed by atoms with Gasteiger partial charge in [0, 0.05) is 6.54 Å². The van der Waals surface area contributed by atoms with E-state index in [4.69, 9.17) is 10.5 Å². The molecular formula is C16H28IN3O. The standard InChI is InChI=1S/C16H27N3O.HI/c1-3-4-5-9-12-18-16(17)19-13-14(2)20-15-10-7-6-8-11-15;/h6-8,10-11,14H,3-5,9,12-13H2,1-2H3,(H3,17,18,19);1H. The quantitative estimate of drug-likeness (QED) is 0.286. The maximum Gasteiger partial charge on any atom is 0.188 e. The van der Waals surface area contributed by atoms with Gasteiger partial charge in [0.1, 0.15) is 11.9 Å². The molecule has 0 amide bonds. The third-order valence-electron chi connectivity index (χ3n) is 2.94. The molecule has 0 spiro atoms. The van der Waals surface area contributed by atoms with E-state index in [2.05, 4.69) is 17.2 Å². The average molecular weight is 405 g/mol. The number of nitrogens with two attached hydrogens (primary N) is 1. The Hall–Kier alpha value is -0.980. The van der Waals surface area contributed by atoms with E-state index in [0.29, 0.717) is 12.5 Å². The van der Waals surface area contributed by atoms with Crippen molar-refractivity contribution >= 4 is 29.9 Å². The fourth-order valence-electron chi connectivity index (χ4n) is 1.82. The topological polar surface area (TPSA) is 59.6 Å². The lowest BCUT2D eigenvalue weighted by Gasteiger charge is -2.13. The molecule has 21 heavy (non-hydrogen) atoms. The number of nitrogens with one attached hydrogen (secondary N) is 1. The molecular weight excluding hydrogens is 377 g/mol. The van der Waals surface area contributed by atoms with Gasteiger partial charge in [-0.05, 0) is 25.5 Å². The van der Waals surface area contributed by atoms with Crippen LogP contribution >= 0.6 is 24.0 Å². The molecule has 1 atom stereocenters. The molecule has 1 aromatic rings. The van der Waals surface area contributed by atoms with Gasteiger partial charge >= 0.3 is 0 Å². The number of halogens is 1. The summed E-state index contributed by atoms with van der Waals surface area (Å²) >= 11 is 0. The van der Waals surface area contributed by atoms with Crippen molar-refractivity contribution in [1.82, 2.24) is 5.32 Å². The molecule has 1 unspecified atom stereocenters. The summed E-state index contributed by atoms with van der Waals surface area (Å²) in [5.74, 6) is 1.37. The maximum atomic E-state index is 5.81. The van der Waals surface area contributed by atoms with Crippen LogP contribution in [0.5, 0.6) is 5.75 Å². The van der Waals surface area contributed by atoms with Gasteiger partial charge in [-0.3, -0.25) is 0 Å². The van der Waals surface area contributed by atoms with Crippen LogP contribution in [0.3, 0.4) is 0 Å². The Balaban J connectivity index is 0.00000400. The molecule has 1 aromatic carbocycles. The third kappa shape index (κ3) is 10.4. The summed E-state index contributed by atoms with van der Waals surface area (Å²) in [7, 11) is 0. The van der Waals surface area contributed by atoms with Crippen LogP contribution in [0.1, 0.15) is 39.5 Å². The van der Waals surface area contributed by atoms with Gasteiger partial charge in [0.05, 0.1) is 6.54 Å². The van der Waals surface area contributed by atoms with Crippen molar-refractivity contribution in [2.75, 3.05) is 13.1 Å². The Labute approximate surface area is 145 Å². The van der Waals surface area contributed by atoms with Crippen molar-refractivity contribution < 1.29 is 4.74 Å². The van der Waals surface area contributed by atoms with Gasteiger partial charge in [-0.25, -0.2) is 4.99 Å². The normalized spacial score (nSPS) is 12.4. The van der Waals surface area contributed by atoms with E-state index >= 15 is 0 Å². The van der Waals surface area contributed by atoms with Crippen LogP contribution in [-0.2, 0) is 0 Å². The van der Waals surface area contributed by atoms with E-state index in [9.17, 15) is 0 Å². The van der Waals surface area contributed by atoms with Crippen LogP contribution in [0.15, 0.2) is 35.3 Å². The van der Waals surface area contributed by atoms with Gasteiger partial charge in [0.15, 0.2) is 5.96 Å². The highest BCUT2D eigenvalue weighted by Crippen LogP contribution is 2.10. The Morgan fingerprint density at radius 2 is 1.95 bits per heavy atom. The van der Waals surface area contributed by atoms with Crippen molar-refractivity contribution in [2.45, 2.75) is 45.6 Å². The summed E-state index contributed by atoms with van der Waals surface area (Å²) in [6, 6.07) is 9.76.